The van der Waals surface area contributed by atoms with E-state index in [0.29, 0.717) is 32.5 Å². The fourth-order valence-electron chi connectivity index (χ4n) is 4.35. The zero-order valence-corrected chi connectivity index (χ0v) is 19.9. The van der Waals surface area contributed by atoms with Gasteiger partial charge in [-0.3, -0.25) is 14.2 Å². The van der Waals surface area contributed by atoms with Gasteiger partial charge >= 0.3 is 0 Å². The Morgan fingerprint density at radius 3 is 2.76 bits per heavy atom. The molecule has 1 saturated carbocycles. The fourth-order valence-corrected chi connectivity index (χ4v) is 5.38. The van der Waals surface area contributed by atoms with E-state index >= 15 is 0 Å². The smallest absolute Gasteiger partial charge is 0.262 e. The lowest BCUT2D eigenvalue weighted by Crippen LogP contribution is -2.29. The third-order valence-electron chi connectivity index (χ3n) is 5.95. The Bertz CT molecular complexity index is 1380. The number of nitrogens with one attached hydrogen (secondary N) is 1. The number of thioether (sulfide) groups is 1. The number of hydrogen-bond acceptors (Lipinski definition) is 6. The van der Waals surface area contributed by atoms with Crippen LogP contribution in [-0.4, -0.2) is 36.0 Å². The van der Waals surface area contributed by atoms with Crippen LogP contribution in [0.25, 0.3) is 16.6 Å². The normalized spacial score (nSPS) is 14.4. The summed E-state index contributed by atoms with van der Waals surface area (Å²) in [5.41, 5.74) is 1.79. The molecule has 0 atom stereocenters. The molecule has 2 aromatic carbocycles. The van der Waals surface area contributed by atoms with E-state index in [2.05, 4.69) is 15.4 Å². The number of para-hydroxylation sites is 1. The molecule has 8 nitrogen and oxygen atoms in total. The highest BCUT2D eigenvalue weighted by Gasteiger charge is 2.22. The van der Waals surface area contributed by atoms with Gasteiger partial charge in [-0.2, -0.15) is 5.10 Å². The standard InChI is InChI=1S/C24H23ClN6O2S/c25-16-10-11-21(30-15-26-14-27-30)20(12-16)28-22(32)13-34-24-29-19-9-5-4-8-18(19)23(33)31(24)17-6-2-1-3-7-17/h4-5,8-12,14-15,17H,1-3,6-7,13H2,(H,28,32). The Morgan fingerprint density at radius 2 is 1.97 bits per heavy atom. The van der Waals surface area contributed by atoms with Gasteiger partial charge in [-0.05, 0) is 43.2 Å². The largest absolute Gasteiger partial charge is 0.323 e. The van der Waals surface area contributed by atoms with Gasteiger partial charge in [-0.1, -0.05) is 54.8 Å². The molecule has 1 aliphatic rings. The molecule has 2 heterocycles. The number of carbonyl (C=O) groups excluding carboxylic acids is 1. The first-order chi connectivity index (χ1) is 16.6. The molecule has 0 bridgehead atoms. The Kier molecular flexibility index (Phi) is 6.64. The average molecular weight is 495 g/mol. The van der Waals surface area contributed by atoms with Gasteiger partial charge in [0.25, 0.3) is 5.56 Å². The highest BCUT2D eigenvalue weighted by atomic mass is 35.5. The Balaban J connectivity index is 1.41. The summed E-state index contributed by atoms with van der Waals surface area (Å²) in [6.07, 6.45) is 8.24. The van der Waals surface area contributed by atoms with Crippen molar-refractivity contribution in [3.8, 4) is 5.69 Å². The van der Waals surface area contributed by atoms with Gasteiger partial charge in [0.2, 0.25) is 5.91 Å². The fraction of sp³-hybridized carbons (Fsp3) is 0.292. The Hall–Kier alpha value is -3.17. The summed E-state index contributed by atoms with van der Waals surface area (Å²) in [6, 6.07) is 12.7. The first-order valence-electron chi connectivity index (χ1n) is 11.2. The molecule has 1 N–H and O–H groups in total. The number of benzene rings is 2. The van der Waals surface area contributed by atoms with Gasteiger partial charge in [-0.15, -0.1) is 0 Å². The number of hydrogen-bond donors (Lipinski definition) is 1. The average Bonchev–Trinajstić information content (AvgIpc) is 3.38. The SMILES string of the molecule is O=C(CSc1nc2ccccc2c(=O)n1C1CCCCC1)Nc1cc(Cl)ccc1-n1cncn1. The third kappa shape index (κ3) is 4.71. The minimum absolute atomic E-state index is 0.0382. The van der Waals surface area contributed by atoms with Crippen molar-refractivity contribution in [1.82, 2.24) is 24.3 Å². The maximum Gasteiger partial charge on any atom is 0.262 e. The number of halogens is 1. The first-order valence-corrected chi connectivity index (χ1v) is 12.5. The Labute approximate surface area is 205 Å². The summed E-state index contributed by atoms with van der Waals surface area (Å²) in [5.74, 6) is -0.132. The molecule has 0 aliphatic heterocycles. The molecular weight excluding hydrogens is 472 g/mol. The number of anilines is 1. The molecular formula is C24H23ClN6O2S. The van der Waals surface area contributed by atoms with Gasteiger partial charge < -0.3 is 5.32 Å². The van der Waals surface area contributed by atoms with Crippen LogP contribution in [0, 0.1) is 0 Å². The van der Waals surface area contributed by atoms with Crippen molar-refractivity contribution < 1.29 is 4.79 Å². The highest BCUT2D eigenvalue weighted by Crippen LogP contribution is 2.31. The second kappa shape index (κ2) is 9.99. The number of amides is 1. The lowest BCUT2D eigenvalue weighted by atomic mass is 9.95. The molecule has 174 valence electrons. The second-order valence-corrected chi connectivity index (χ2v) is 9.60. The van der Waals surface area contributed by atoms with Crippen molar-refractivity contribution in [2.75, 3.05) is 11.1 Å². The minimum atomic E-state index is -0.230. The third-order valence-corrected chi connectivity index (χ3v) is 7.13. The van der Waals surface area contributed by atoms with Crippen LogP contribution >= 0.6 is 23.4 Å². The van der Waals surface area contributed by atoms with Crippen molar-refractivity contribution in [2.45, 2.75) is 43.3 Å². The number of rotatable bonds is 6. The van der Waals surface area contributed by atoms with E-state index in [1.165, 1.54) is 24.5 Å². The van der Waals surface area contributed by atoms with Gasteiger partial charge in [0.05, 0.1) is 28.0 Å². The summed E-state index contributed by atoms with van der Waals surface area (Å²) in [7, 11) is 0. The lowest BCUT2D eigenvalue weighted by molar-refractivity contribution is -0.113. The van der Waals surface area contributed by atoms with Gasteiger partial charge in [-0.25, -0.2) is 14.6 Å². The van der Waals surface area contributed by atoms with Crippen LogP contribution in [0.4, 0.5) is 5.69 Å². The summed E-state index contributed by atoms with van der Waals surface area (Å²) >= 11 is 7.44. The van der Waals surface area contributed by atoms with Crippen LogP contribution in [0.5, 0.6) is 0 Å². The molecule has 5 rings (SSSR count). The van der Waals surface area contributed by atoms with E-state index in [0.717, 1.165) is 25.7 Å². The monoisotopic (exact) mass is 494 g/mol. The quantitative estimate of drug-likeness (QED) is 0.303. The molecule has 0 unspecified atom stereocenters. The molecule has 10 heteroatoms. The van der Waals surface area contributed by atoms with E-state index in [1.54, 1.807) is 33.8 Å². The number of aromatic nitrogens is 5. The number of nitrogens with zero attached hydrogens (tertiary/aromatic N) is 5. The molecule has 0 saturated heterocycles. The van der Waals surface area contributed by atoms with Crippen LogP contribution in [0.3, 0.4) is 0 Å². The summed E-state index contributed by atoms with van der Waals surface area (Å²) in [5, 5.41) is 8.73. The van der Waals surface area contributed by atoms with Crippen LogP contribution in [-0.2, 0) is 4.79 Å². The predicted molar refractivity (Wildman–Crippen MR) is 134 cm³/mol. The van der Waals surface area contributed by atoms with Crippen molar-refractivity contribution in [2.24, 2.45) is 0 Å². The number of carbonyl (C=O) groups is 1. The molecule has 1 amide bonds. The summed E-state index contributed by atoms with van der Waals surface area (Å²) in [6.45, 7) is 0. The maximum atomic E-state index is 13.4. The topological polar surface area (TPSA) is 94.7 Å². The minimum Gasteiger partial charge on any atom is -0.323 e. The molecule has 2 aromatic heterocycles. The van der Waals surface area contributed by atoms with E-state index in [-0.39, 0.29) is 23.3 Å². The van der Waals surface area contributed by atoms with Crippen molar-refractivity contribution in [3.63, 3.8) is 0 Å². The highest BCUT2D eigenvalue weighted by molar-refractivity contribution is 7.99. The summed E-state index contributed by atoms with van der Waals surface area (Å²) in [4.78, 5) is 35.0. The molecule has 34 heavy (non-hydrogen) atoms. The first kappa shape index (κ1) is 22.6. The second-order valence-electron chi connectivity index (χ2n) is 8.22. The van der Waals surface area contributed by atoms with E-state index in [1.807, 2.05) is 24.3 Å². The zero-order chi connectivity index (χ0) is 23.5. The molecule has 0 radical (unpaired) electrons. The van der Waals surface area contributed by atoms with Crippen LogP contribution < -0.4 is 10.9 Å². The van der Waals surface area contributed by atoms with Crippen LogP contribution in [0.15, 0.2) is 65.1 Å². The molecule has 0 spiro atoms. The summed E-state index contributed by atoms with van der Waals surface area (Å²) < 4.78 is 3.37. The molecule has 4 aromatic rings. The zero-order valence-electron chi connectivity index (χ0n) is 18.4. The Morgan fingerprint density at radius 1 is 1.15 bits per heavy atom. The van der Waals surface area contributed by atoms with Gasteiger partial charge in [0, 0.05) is 11.1 Å². The number of fused-ring (bicyclic) bond motifs is 1. The van der Waals surface area contributed by atoms with Crippen LogP contribution in [0.1, 0.15) is 38.1 Å². The van der Waals surface area contributed by atoms with Gasteiger partial charge in [0.15, 0.2) is 5.16 Å². The van der Waals surface area contributed by atoms with Gasteiger partial charge in [0.1, 0.15) is 12.7 Å². The lowest BCUT2D eigenvalue weighted by Gasteiger charge is -2.26. The van der Waals surface area contributed by atoms with Crippen molar-refractivity contribution in [3.05, 3.63) is 70.5 Å². The maximum absolute atomic E-state index is 13.4. The van der Waals surface area contributed by atoms with Crippen molar-refractivity contribution >= 4 is 45.9 Å². The van der Waals surface area contributed by atoms with E-state index in [4.69, 9.17) is 16.6 Å². The predicted octanol–water partition coefficient (Wildman–Crippen LogP) is 4.87. The van der Waals surface area contributed by atoms with Crippen LogP contribution in [0.2, 0.25) is 5.02 Å². The molecule has 1 aliphatic carbocycles. The van der Waals surface area contributed by atoms with Crippen molar-refractivity contribution in [1.29, 1.82) is 0 Å². The van der Waals surface area contributed by atoms with E-state index in [9.17, 15) is 9.59 Å². The molecule has 1 fully saturated rings. The van der Waals surface area contributed by atoms with E-state index < -0.39 is 0 Å².